The van der Waals surface area contributed by atoms with Gasteiger partial charge in [0, 0.05) is 24.4 Å². The Kier molecular flexibility index (Phi) is 8.66. The van der Waals surface area contributed by atoms with Gasteiger partial charge in [-0.1, -0.05) is 0 Å². The van der Waals surface area contributed by atoms with Crippen LogP contribution in [0.2, 0.25) is 0 Å². The number of rotatable bonds is 7. The lowest BCUT2D eigenvalue weighted by Crippen LogP contribution is -2.68. The van der Waals surface area contributed by atoms with Crippen molar-refractivity contribution in [3.05, 3.63) is 40.2 Å². The molecule has 0 radical (unpaired) electrons. The molecule has 10 atom stereocenters. The summed E-state index contributed by atoms with van der Waals surface area (Å²) in [5, 5.41) is 64.0. The van der Waals surface area contributed by atoms with Crippen molar-refractivity contribution < 1.29 is 58.8 Å². The second kappa shape index (κ2) is 11.6. The van der Waals surface area contributed by atoms with Gasteiger partial charge in [0.1, 0.15) is 60.1 Å². The zero-order chi connectivity index (χ0) is 27.7. The number of carbonyl (C=O) groups is 1. The summed E-state index contributed by atoms with van der Waals surface area (Å²) in [4.78, 5) is 23.9. The Morgan fingerprint density at radius 2 is 1.61 bits per heavy atom. The maximum Gasteiger partial charge on any atom is 0.336 e. The molecule has 210 valence electrons. The molecular formula is C24H31NO13. The number of amides is 1. The van der Waals surface area contributed by atoms with E-state index in [4.69, 9.17) is 23.4 Å². The minimum Gasteiger partial charge on any atom is -0.462 e. The van der Waals surface area contributed by atoms with Gasteiger partial charge in [0.2, 0.25) is 12.2 Å². The Bertz CT molecular complexity index is 1190. The van der Waals surface area contributed by atoms with Crippen molar-refractivity contribution in [3.63, 3.8) is 0 Å². The van der Waals surface area contributed by atoms with Crippen molar-refractivity contribution in [1.29, 1.82) is 0 Å². The van der Waals surface area contributed by atoms with Crippen LogP contribution < -0.4 is 15.7 Å². The van der Waals surface area contributed by atoms with Crippen LogP contribution in [-0.4, -0.2) is 111 Å². The number of carbonyl (C=O) groups excluding carboxylic acids is 1. The Hall–Kier alpha value is -2.66. The van der Waals surface area contributed by atoms with Crippen molar-refractivity contribution in [1.82, 2.24) is 5.32 Å². The lowest BCUT2D eigenvalue weighted by atomic mass is 9.95. The summed E-state index contributed by atoms with van der Waals surface area (Å²) in [5.41, 5.74) is 0.352. The lowest BCUT2D eigenvalue weighted by molar-refractivity contribution is -0.339. The summed E-state index contributed by atoms with van der Waals surface area (Å²) in [6.07, 6.45) is -13.8. The van der Waals surface area contributed by atoms with Gasteiger partial charge in [-0.25, -0.2) is 4.79 Å². The van der Waals surface area contributed by atoms with Crippen molar-refractivity contribution in [2.24, 2.45) is 0 Å². The standard InChI is InChI=1S/C24H31NO13/c1-9-5-16(29)35-13-6-11(3-4-12(9)13)34-23-17(25-10(2)28)22(19(31)15(8-27)36-23)38-24-21(33)20(32)18(30)14(7-26)37-24/h3-6,14-15,17-24,26-27,30-33H,7-8H2,1-2H3,(H,25,28)/t14-,15+,17-,18-,19-,20+,21-,22-,23-,24+/m0/s1. The first-order chi connectivity index (χ1) is 18.0. The predicted octanol–water partition coefficient (Wildman–Crippen LogP) is -2.75. The molecule has 14 heteroatoms. The van der Waals surface area contributed by atoms with Gasteiger partial charge in [0.15, 0.2) is 6.29 Å². The van der Waals surface area contributed by atoms with E-state index in [-0.39, 0.29) is 11.3 Å². The zero-order valence-corrected chi connectivity index (χ0v) is 20.5. The second-order valence-corrected chi connectivity index (χ2v) is 9.26. The van der Waals surface area contributed by atoms with Crippen LogP contribution in [0, 0.1) is 6.92 Å². The van der Waals surface area contributed by atoms with Crippen LogP contribution in [-0.2, 0) is 19.0 Å². The number of aliphatic hydroxyl groups excluding tert-OH is 6. The third-order valence-corrected chi connectivity index (χ3v) is 6.54. The van der Waals surface area contributed by atoms with Gasteiger partial charge >= 0.3 is 5.63 Å². The van der Waals surface area contributed by atoms with Gasteiger partial charge in [-0.2, -0.15) is 0 Å². The Morgan fingerprint density at radius 1 is 0.947 bits per heavy atom. The second-order valence-electron chi connectivity index (χ2n) is 9.26. The van der Waals surface area contributed by atoms with E-state index in [0.29, 0.717) is 10.9 Å². The Labute approximate surface area is 215 Å². The highest BCUT2D eigenvalue weighted by atomic mass is 16.7. The molecule has 2 aromatic rings. The minimum atomic E-state index is -1.79. The molecule has 1 amide bonds. The van der Waals surface area contributed by atoms with E-state index in [0.717, 1.165) is 0 Å². The SMILES string of the molecule is CC(=O)N[C@@H]1[C@@H](Oc2ccc3c(C)cc(=O)oc3c2)O[C@H](CO)[C@H](O)[C@H]1O[C@H]1O[C@@H](CO)[C@H](O)[C@@H](O)[C@@H]1O. The predicted molar refractivity (Wildman–Crippen MR) is 126 cm³/mol. The number of aliphatic hydroxyl groups is 6. The molecule has 7 N–H and O–H groups in total. The van der Waals surface area contributed by atoms with Crippen LogP contribution in [0.25, 0.3) is 11.0 Å². The third kappa shape index (κ3) is 5.68. The van der Waals surface area contributed by atoms with E-state index in [2.05, 4.69) is 5.32 Å². The van der Waals surface area contributed by atoms with Crippen molar-refractivity contribution >= 4 is 16.9 Å². The zero-order valence-electron chi connectivity index (χ0n) is 20.5. The summed E-state index contributed by atoms with van der Waals surface area (Å²) >= 11 is 0. The summed E-state index contributed by atoms with van der Waals surface area (Å²) in [6.45, 7) is 1.54. The maximum absolute atomic E-state index is 12.1. The van der Waals surface area contributed by atoms with Crippen molar-refractivity contribution in [2.75, 3.05) is 13.2 Å². The Morgan fingerprint density at radius 3 is 2.26 bits per heavy atom. The smallest absolute Gasteiger partial charge is 0.336 e. The van der Waals surface area contributed by atoms with Crippen molar-refractivity contribution in [2.45, 2.75) is 75.2 Å². The maximum atomic E-state index is 12.1. The van der Waals surface area contributed by atoms with Crippen LogP contribution in [0.3, 0.4) is 0 Å². The molecule has 2 aliphatic rings. The fourth-order valence-electron chi connectivity index (χ4n) is 4.57. The molecule has 3 heterocycles. The molecule has 0 spiro atoms. The molecule has 0 unspecified atom stereocenters. The quantitative estimate of drug-likeness (QED) is 0.177. The van der Waals surface area contributed by atoms with Crippen LogP contribution in [0.1, 0.15) is 12.5 Å². The molecule has 2 saturated heterocycles. The molecule has 14 nitrogen and oxygen atoms in total. The molecule has 2 aliphatic heterocycles. The first kappa shape index (κ1) is 28.4. The van der Waals surface area contributed by atoms with Gasteiger partial charge in [-0.15, -0.1) is 0 Å². The highest BCUT2D eigenvalue weighted by Crippen LogP contribution is 2.31. The highest BCUT2D eigenvalue weighted by molar-refractivity contribution is 5.81. The number of aryl methyl sites for hydroxylation is 1. The molecular weight excluding hydrogens is 510 g/mol. The molecule has 0 bridgehead atoms. The van der Waals surface area contributed by atoms with Gasteiger partial charge in [0.25, 0.3) is 0 Å². The molecule has 0 saturated carbocycles. The number of benzene rings is 1. The normalized spacial score (nSPS) is 35.7. The van der Waals surface area contributed by atoms with E-state index >= 15 is 0 Å². The third-order valence-electron chi connectivity index (χ3n) is 6.54. The number of fused-ring (bicyclic) bond motifs is 1. The number of hydrogen-bond donors (Lipinski definition) is 7. The van der Waals surface area contributed by atoms with E-state index in [9.17, 15) is 40.2 Å². The largest absolute Gasteiger partial charge is 0.462 e. The summed E-state index contributed by atoms with van der Waals surface area (Å²) in [7, 11) is 0. The van der Waals surface area contributed by atoms with E-state index < -0.39 is 86.1 Å². The van der Waals surface area contributed by atoms with Gasteiger partial charge in [-0.3, -0.25) is 4.79 Å². The van der Waals surface area contributed by atoms with E-state index in [1.165, 1.54) is 19.1 Å². The van der Waals surface area contributed by atoms with Gasteiger partial charge in [-0.05, 0) is 24.6 Å². The number of hydrogen-bond acceptors (Lipinski definition) is 13. The van der Waals surface area contributed by atoms with E-state index in [1.807, 2.05) is 0 Å². The van der Waals surface area contributed by atoms with Gasteiger partial charge in [0.05, 0.1) is 13.2 Å². The van der Waals surface area contributed by atoms with Crippen LogP contribution in [0.15, 0.2) is 33.5 Å². The molecule has 38 heavy (non-hydrogen) atoms. The summed E-state index contributed by atoms with van der Waals surface area (Å²) in [5.74, 6) is -0.407. The molecule has 0 aliphatic carbocycles. The lowest BCUT2D eigenvalue weighted by Gasteiger charge is -2.47. The highest BCUT2D eigenvalue weighted by Gasteiger charge is 2.52. The molecule has 2 fully saturated rings. The first-order valence-electron chi connectivity index (χ1n) is 11.9. The van der Waals surface area contributed by atoms with Crippen LogP contribution in [0.5, 0.6) is 5.75 Å². The van der Waals surface area contributed by atoms with Crippen molar-refractivity contribution in [3.8, 4) is 5.75 Å². The minimum absolute atomic E-state index is 0.159. The average Bonchev–Trinajstić information content (AvgIpc) is 2.87. The monoisotopic (exact) mass is 541 g/mol. The summed E-state index contributed by atoms with van der Waals surface area (Å²) < 4.78 is 28.0. The van der Waals surface area contributed by atoms with E-state index in [1.54, 1.807) is 19.1 Å². The fraction of sp³-hybridized carbons (Fsp3) is 0.583. The molecule has 1 aromatic carbocycles. The fourth-order valence-corrected chi connectivity index (χ4v) is 4.57. The Balaban J connectivity index is 1.65. The van der Waals surface area contributed by atoms with Crippen LogP contribution >= 0.6 is 0 Å². The van der Waals surface area contributed by atoms with Crippen LogP contribution in [0.4, 0.5) is 0 Å². The topological polar surface area (TPSA) is 218 Å². The number of ether oxygens (including phenoxy) is 4. The summed E-state index contributed by atoms with van der Waals surface area (Å²) in [6, 6.07) is 4.74. The first-order valence-corrected chi connectivity index (χ1v) is 11.9. The number of nitrogens with one attached hydrogen (secondary N) is 1. The van der Waals surface area contributed by atoms with Gasteiger partial charge < -0.3 is 59.3 Å². The average molecular weight is 542 g/mol. The molecule has 1 aromatic heterocycles. The molecule has 4 rings (SSSR count).